The number of halogens is 2. The standard InChI is InChI=1S/C14H19Cl2NO2S/c1-2-17-14(11-5-6-20(18,19)9-11)8-10-3-4-12(15)13(16)7-10/h3-4,7,11,14,17H,2,5-6,8-9H2,1H3. The van der Waals surface area contributed by atoms with Crippen LogP contribution < -0.4 is 5.32 Å². The van der Waals surface area contributed by atoms with Crippen LogP contribution in [0.2, 0.25) is 10.0 Å². The first-order valence-corrected chi connectivity index (χ1v) is 9.36. The number of hydrogen-bond donors (Lipinski definition) is 1. The van der Waals surface area contributed by atoms with Crippen LogP contribution in [0.15, 0.2) is 18.2 Å². The molecule has 2 rings (SSSR count). The Hall–Kier alpha value is -0.290. The van der Waals surface area contributed by atoms with Crippen molar-refractivity contribution in [1.82, 2.24) is 5.32 Å². The minimum Gasteiger partial charge on any atom is -0.314 e. The average Bonchev–Trinajstić information content (AvgIpc) is 2.74. The van der Waals surface area contributed by atoms with Gasteiger partial charge in [0.05, 0.1) is 21.6 Å². The Morgan fingerprint density at radius 2 is 2.10 bits per heavy atom. The molecule has 6 heteroatoms. The van der Waals surface area contributed by atoms with E-state index in [9.17, 15) is 8.42 Å². The molecule has 0 spiro atoms. The predicted octanol–water partition coefficient (Wildman–Crippen LogP) is 2.95. The number of rotatable bonds is 5. The van der Waals surface area contributed by atoms with Crippen molar-refractivity contribution in [2.75, 3.05) is 18.1 Å². The molecule has 3 nitrogen and oxygen atoms in total. The van der Waals surface area contributed by atoms with E-state index in [-0.39, 0.29) is 17.7 Å². The van der Waals surface area contributed by atoms with Crippen molar-refractivity contribution < 1.29 is 8.42 Å². The Balaban J connectivity index is 2.11. The van der Waals surface area contributed by atoms with Gasteiger partial charge in [0.15, 0.2) is 9.84 Å². The fourth-order valence-electron chi connectivity index (χ4n) is 2.73. The van der Waals surface area contributed by atoms with Crippen molar-refractivity contribution >= 4 is 33.0 Å². The second-order valence-corrected chi connectivity index (χ2v) is 8.32. The van der Waals surface area contributed by atoms with Gasteiger partial charge in [-0.3, -0.25) is 0 Å². The van der Waals surface area contributed by atoms with E-state index in [0.717, 1.165) is 24.9 Å². The molecule has 2 atom stereocenters. The summed E-state index contributed by atoms with van der Waals surface area (Å²) < 4.78 is 23.3. The number of hydrogen-bond acceptors (Lipinski definition) is 3. The molecular formula is C14H19Cl2NO2S. The molecule has 1 N–H and O–H groups in total. The topological polar surface area (TPSA) is 46.2 Å². The zero-order valence-corrected chi connectivity index (χ0v) is 13.7. The number of benzene rings is 1. The third-order valence-corrected chi connectivity index (χ3v) is 6.28. The molecule has 0 aliphatic carbocycles. The van der Waals surface area contributed by atoms with Gasteiger partial charge in [-0.15, -0.1) is 0 Å². The highest BCUT2D eigenvalue weighted by Crippen LogP contribution is 2.27. The fourth-order valence-corrected chi connectivity index (χ4v) is 4.93. The smallest absolute Gasteiger partial charge is 0.150 e. The summed E-state index contributed by atoms with van der Waals surface area (Å²) in [6, 6.07) is 5.75. The van der Waals surface area contributed by atoms with Crippen molar-refractivity contribution in [3.8, 4) is 0 Å². The van der Waals surface area contributed by atoms with Crippen molar-refractivity contribution in [2.24, 2.45) is 5.92 Å². The van der Waals surface area contributed by atoms with Crippen LogP contribution in [0.25, 0.3) is 0 Å². The zero-order chi connectivity index (χ0) is 14.8. The average molecular weight is 336 g/mol. The second kappa shape index (κ2) is 6.65. The Bertz CT molecular complexity index is 575. The van der Waals surface area contributed by atoms with Gasteiger partial charge < -0.3 is 5.32 Å². The van der Waals surface area contributed by atoms with Crippen LogP contribution in [0, 0.1) is 5.92 Å². The lowest BCUT2D eigenvalue weighted by molar-refractivity contribution is 0.386. The molecule has 20 heavy (non-hydrogen) atoms. The van der Waals surface area contributed by atoms with Crippen LogP contribution >= 0.6 is 23.2 Å². The van der Waals surface area contributed by atoms with E-state index < -0.39 is 9.84 Å². The first-order chi connectivity index (χ1) is 9.41. The maximum Gasteiger partial charge on any atom is 0.150 e. The Kier molecular flexibility index (Phi) is 5.35. The van der Waals surface area contributed by atoms with E-state index in [1.165, 1.54) is 0 Å². The summed E-state index contributed by atoms with van der Waals surface area (Å²) >= 11 is 11.9. The van der Waals surface area contributed by atoms with Crippen LogP contribution in [-0.2, 0) is 16.3 Å². The zero-order valence-electron chi connectivity index (χ0n) is 11.4. The van der Waals surface area contributed by atoms with Gasteiger partial charge >= 0.3 is 0 Å². The quantitative estimate of drug-likeness (QED) is 0.899. The summed E-state index contributed by atoms with van der Waals surface area (Å²) in [6.45, 7) is 2.85. The van der Waals surface area contributed by atoms with Crippen LogP contribution in [0.4, 0.5) is 0 Å². The van der Waals surface area contributed by atoms with Crippen molar-refractivity contribution in [3.05, 3.63) is 33.8 Å². The van der Waals surface area contributed by atoms with Gasteiger partial charge in [0, 0.05) is 6.04 Å². The minimum atomic E-state index is -2.85. The molecule has 0 radical (unpaired) electrons. The van der Waals surface area contributed by atoms with Gasteiger partial charge in [-0.05, 0) is 43.0 Å². The van der Waals surface area contributed by atoms with Crippen molar-refractivity contribution in [3.63, 3.8) is 0 Å². The van der Waals surface area contributed by atoms with Crippen LogP contribution in [-0.4, -0.2) is 32.5 Å². The molecular weight excluding hydrogens is 317 g/mol. The highest BCUT2D eigenvalue weighted by Gasteiger charge is 2.33. The summed E-state index contributed by atoms with van der Waals surface area (Å²) in [5.41, 5.74) is 1.08. The van der Waals surface area contributed by atoms with Crippen molar-refractivity contribution in [2.45, 2.75) is 25.8 Å². The van der Waals surface area contributed by atoms with E-state index in [1.54, 1.807) is 6.07 Å². The van der Waals surface area contributed by atoms with E-state index in [1.807, 2.05) is 19.1 Å². The Labute approximate surface area is 130 Å². The van der Waals surface area contributed by atoms with Gasteiger partial charge in [-0.1, -0.05) is 36.2 Å². The number of sulfone groups is 1. The third-order valence-electron chi connectivity index (χ3n) is 3.74. The van der Waals surface area contributed by atoms with E-state index >= 15 is 0 Å². The molecule has 0 aromatic heterocycles. The maximum atomic E-state index is 11.6. The summed E-state index contributed by atoms with van der Waals surface area (Å²) in [5.74, 6) is 0.766. The maximum absolute atomic E-state index is 11.6. The molecule has 0 saturated carbocycles. The SMILES string of the molecule is CCNC(Cc1ccc(Cl)c(Cl)c1)C1CCS(=O)(=O)C1. The first-order valence-electron chi connectivity index (χ1n) is 6.79. The van der Waals surface area contributed by atoms with Gasteiger partial charge in [0.2, 0.25) is 0 Å². The van der Waals surface area contributed by atoms with Crippen LogP contribution in [0.5, 0.6) is 0 Å². The van der Waals surface area contributed by atoms with Gasteiger partial charge in [-0.2, -0.15) is 0 Å². The molecule has 1 fully saturated rings. The highest BCUT2D eigenvalue weighted by atomic mass is 35.5. The normalized spacial score (nSPS) is 22.9. The minimum absolute atomic E-state index is 0.162. The summed E-state index contributed by atoms with van der Waals surface area (Å²) in [5, 5.41) is 4.49. The molecule has 0 bridgehead atoms. The number of nitrogens with one attached hydrogen (secondary N) is 1. The predicted molar refractivity (Wildman–Crippen MR) is 84.4 cm³/mol. The molecule has 1 saturated heterocycles. The Morgan fingerprint density at radius 3 is 2.65 bits per heavy atom. The van der Waals surface area contributed by atoms with E-state index in [2.05, 4.69) is 5.32 Å². The van der Waals surface area contributed by atoms with Crippen LogP contribution in [0.1, 0.15) is 18.9 Å². The molecule has 1 heterocycles. The molecule has 1 aromatic carbocycles. The molecule has 1 aromatic rings. The fraction of sp³-hybridized carbons (Fsp3) is 0.571. The highest BCUT2D eigenvalue weighted by molar-refractivity contribution is 7.91. The summed E-state index contributed by atoms with van der Waals surface area (Å²) in [4.78, 5) is 0. The van der Waals surface area contributed by atoms with Gasteiger partial charge in [0.1, 0.15) is 0 Å². The van der Waals surface area contributed by atoms with Crippen molar-refractivity contribution in [1.29, 1.82) is 0 Å². The second-order valence-electron chi connectivity index (χ2n) is 5.28. The number of likely N-dealkylation sites (N-methyl/N-ethyl adjacent to an activating group) is 1. The monoisotopic (exact) mass is 335 g/mol. The lowest BCUT2D eigenvalue weighted by Gasteiger charge is -2.23. The van der Waals surface area contributed by atoms with Gasteiger partial charge in [0.25, 0.3) is 0 Å². The Morgan fingerprint density at radius 1 is 1.35 bits per heavy atom. The summed E-state index contributed by atoms with van der Waals surface area (Å²) in [7, 11) is -2.85. The molecule has 112 valence electrons. The molecule has 0 amide bonds. The molecule has 2 unspecified atom stereocenters. The third kappa shape index (κ3) is 4.10. The van der Waals surface area contributed by atoms with Gasteiger partial charge in [-0.25, -0.2) is 8.42 Å². The lowest BCUT2D eigenvalue weighted by atomic mass is 9.93. The summed E-state index contributed by atoms with van der Waals surface area (Å²) in [6.07, 6.45) is 1.51. The lowest BCUT2D eigenvalue weighted by Crippen LogP contribution is -2.38. The molecule has 1 aliphatic heterocycles. The largest absolute Gasteiger partial charge is 0.314 e. The van der Waals surface area contributed by atoms with E-state index in [4.69, 9.17) is 23.2 Å². The van der Waals surface area contributed by atoms with E-state index in [0.29, 0.717) is 15.8 Å². The molecule has 1 aliphatic rings. The van der Waals surface area contributed by atoms with Crippen LogP contribution in [0.3, 0.4) is 0 Å². The first kappa shape index (κ1) is 16.1.